The van der Waals surface area contributed by atoms with Crippen LogP contribution in [-0.2, 0) is 16.2 Å². The zero-order valence-corrected chi connectivity index (χ0v) is 21.3. The number of piperazine rings is 1. The third-order valence-corrected chi connectivity index (χ3v) is 7.31. The van der Waals surface area contributed by atoms with Gasteiger partial charge in [0.25, 0.3) is 0 Å². The van der Waals surface area contributed by atoms with Crippen LogP contribution in [-0.4, -0.2) is 61.5 Å². The van der Waals surface area contributed by atoms with E-state index >= 15 is 0 Å². The van der Waals surface area contributed by atoms with E-state index in [2.05, 4.69) is 66.5 Å². The lowest BCUT2D eigenvalue weighted by Crippen LogP contribution is -2.55. The van der Waals surface area contributed by atoms with Gasteiger partial charge in [0.05, 0.1) is 5.52 Å². The van der Waals surface area contributed by atoms with E-state index in [0.717, 1.165) is 19.7 Å². The SMILES string of the molecule is CC1CN(c2ccc3c(ccn3COCC[Si](C)(C)C)c2)CCN1C(=O)OC(C)(C)C. The molecular formula is C24H39N3O3Si. The maximum atomic E-state index is 12.5. The number of nitrogens with zero attached hydrogens (tertiary/aromatic N) is 3. The molecule has 2 heterocycles. The molecule has 3 rings (SSSR count). The minimum Gasteiger partial charge on any atom is -0.444 e. The van der Waals surface area contributed by atoms with Crippen LogP contribution >= 0.6 is 0 Å². The van der Waals surface area contributed by atoms with Crippen molar-refractivity contribution < 1.29 is 14.3 Å². The summed E-state index contributed by atoms with van der Waals surface area (Å²) < 4.78 is 13.7. The van der Waals surface area contributed by atoms with Gasteiger partial charge in [-0.3, -0.25) is 0 Å². The van der Waals surface area contributed by atoms with Gasteiger partial charge in [0.15, 0.2) is 0 Å². The number of ether oxygens (including phenoxy) is 2. The van der Waals surface area contributed by atoms with Gasteiger partial charge in [0.1, 0.15) is 12.3 Å². The highest BCUT2D eigenvalue weighted by Crippen LogP contribution is 2.26. The van der Waals surface area contributed by atoms with Gasteiger partial charge in [-0.15, -0.1) is 0 Å². The second-order valence-corrected chi connectivity index (χ2v) is 16.5. The van der Waals surface area contributed by atoms with Gasteiger partial charge in [-0.1, -0.05) is 19.6 Å². The standard InChI is InChI=1S/C24H39N3O3Si/c1-19-17-25(12-13-27(19)23(28)30-24(2,3)4)21-8-9-22-20(16-21)10-11-26(22)18-29-14-15-31(5,6)7/h8-11,16,19H,12-15,17-18H2,1-7H3. The van der Waals surface area contributed by atoms with Crippen molar-refractivity contribution in [2.45, 2.75) is 71.8 Å². The summed E-state index contributed by atoms with van der Waals surface area (Å²) in [6, 6.07) is 10.0. The molecule has 0 bridgehead atoms. The number of benzene rings is 1. The summed E-state index contributed by atoms with van der Waals surface area (Å²) in [5.41, 5.74) is 1.92. The summed E-state index contributed by atoms with van der Waals surface area (Å²) in [5.74, 6) is 0. The first-order valence-electron chi connectivity index (χ1n) is 11.3. The highest BCUT2D eigenvalue weighted by molar-refractivity contribution is 6.76. The van der Waals surface area contributed by atoms with Crippen LogP contribution in [0.5, 0.6) is 0 Å². The third-order valence-electron chi connectivity index (χ3n) is 5.60. The van der Waals surface area contributed by atoms with Crippen molar-refractivity contribution in [1.29, 1.82) is 0 Å². The summed E-state index contributed by atoms with van der Waals surface area (Å²) in [4.78, 5) is 16.7. The van der Waals surface area contributed by atoms with E-state index in [9.17, 15) is 4.79 Å². The normalized spacial score (nSPS) is 18.0. The van der Waals surface area contributed by atoms with E-state index in [4.69, 9.17) is 9.47 Å². The topological polar surface area (TPSA) is 46.9 Å². The number of amides is 1. The van der Waals surface area contributed by atoms with Gasteiger partial charge >= 0.3 is 6.09 Å². The lowest BCUT2D eigenvalue weighted by Gasteiger charge is -2.41. The van der Waals surface area contributed by atoms with Crippen LogP contribution in [0.15, 0.2) is 30.5 Å². The minimum atomic E-state index is -1.06. The summed E-state index contributed by atoms with van der Waals surface area (Å²) in [7, 11) is -1.06. The number of carbonyl (C=O) groups is 1. The van der Waals surface area contributed by atoms with Crippen molar-refractivity contribution in [2.75, 3.05) is 31.1 Å². The number of anilines is 1. The van der Waals surface area contributed by atoms with Crippen LogP contribution in [0.25, 0.3) is 10.9 Å². The van der Waals surface area contributed by atoms with E-state index in [1.807, 2.05) is 25.7 Å². The van der Waals surface area contributed by atoms with Crippen molar-refractivity contribution in [3.8, 4) is 0 Å². The van der Waals surface area contributed by atoms with Gasteiger partial charge in [-0.2, -0.15) is 0 Å². The monoisotopic (exact) mass is 445 g/mol. The second-order valence-electron chi connectivity index (χ2n) is 10.8. The highest BCUT2D eigenvalue weighted by Gasteiger charge is 2.31. The highest BCUT2D eigenvalue weighted by atomic mass is 28.3. The fourth-order valence-electron chi connectivity index (χ4n) is 3.82. The maximum Gasteiger partial charge on any atom is 0.410 e. The van der Waals surface area contributed by atoms with E-state index in [-0.39, 0.29) is 12.1 Å². The van der Waals surface area contributed by atoms with Gasteiger partial charge in [0.2, 0.25) is 0 Å². The Hall–Kier alpha value is -1.99. The van der Waals surface area contributed by atoms with Crippen LogP contribution in [0.1, 0.15) is 27.7 Å². The first-order chi connectivity index (χ1) is 14.4. The Labute approximate surface area is 188 Å². The predicted octanol–water partition coefficient (Wildman–Crippen LogP) is 5.40. The largest absolute Gasteiger partial charge is 0.444 e. The molecule has 2 aromatic rings. The molecule has 7 heteroatoms. The molecule has 1 aliphatic heterocycles. The third kappa shape index (κ3) is 6.49. The number of fused-ring (bicyclic) bond motifs is 1. The van der Waals surface area contributed by atoms with Crippen molar-refractivity contribution in [2.24, 2.45) is 0 Å². The molecule has 1 unspecified atom stereocenters. The average Bonchev–Trinajstić information content (AvgIpc) is 3.05. The Balaban J connectivity index is 1.61. The van der Waals surface area contributed by atoms with Gasteiger partial charge in [-0.05, 0) is 58.0 Å². The summed E-state index contributed by atoms with van der Waals surface area (Å²) in [5, 5.41) is 1.22. The Kier molecular flexibility index (Phi) is 7.06. The molecule has 1 atom stereocenters. The molecule has 0 saturated carbocycles. The van der Waals surface area contributed by atoms with Crippen LogP contribution in [0.4, 0.5) is 10.5 Å². The lowest BCUT2D eigenvalue weighted by atomic mass is 10.1. The Bertz CT molecular complexity index is 898. The lowest BCUT2D eigenvalue weighted by molar-refractivity contribution is 0.0159. The molecule has 0 spiro atoms. The molecule has 1 aromatic carbocycles. The molecule has 31 heavy (non-hydrogen) atoms. The molecule has 1 aliphatic rings. The maximum absolute atomic E-state index is 12.5. The van der Waals surface area contributed by atoms with Gasteiger partial charge in [-0.25, -0.2) is 4.79 Å². The quantitative estimate of drug-likeness (QED) is 0.441. The molecule has 1 aromatic heterocycles. The van der Waals surface area contributed by atoms with Crippen molar-refractivity contribution >= 4 is 30.8 Å². The summed E-state index contributed by atoms with van der Waals surface area (Å²) >= 11 is 0. The fraction of sp³-hybridized carbons (Fsp3) is 0.625. The first-order valence-corrected chi connectivity index (χ1v) is 15.0. The predicted molar refractivity (Wildman–Crippen MR) is 131 cm³/mol. The van der Waals surface area contributed by atoms with Crippen LogP contribution in [0, 0.1) is 0 Å². The van der Waals surface area contributed by atoms with E-state index in [1.54, 1.807) is 0 Å². The van der Waals surface area contributed by atoms with Crippen molar-refractivity contribution in [3.63, 3.8) is 0 Å². The fourth-order valence-corrected chi connectivity index (χ4v) is 4.58. The van der Waals surface area contributed by atoms with Crippen molar-refractivity contribution in [1.82, 2.24) is 9.47 Å². The molecule has 6 nitrogen and oxygen atoms in total. The van der Waals surface area contributed by atoms with E-state index in [0.29, 0.717) is 13.3 Å². The zero-order valence-electron chi connectivity index (χ0n) is 20.3. The molecule has 1 amide bonds. The Morgan fingerprint density at radius 2 is 1.90 bits per heavy atom. The summed E-state index contributed by atoms with van der Waals surface area (Å²) in [6.45, 7) is 18.6. The Morgan fingerprint density at radius 3 is 2.55 bits per heavy atom. The van der Waals surface area contributed by atoms with Gasteiger partial charge < -0.3 is 23.8 Å². The molecule has 1 saturated heterocycles. The van der Waals surface area contributed by atoms with Crippen LogP contribution in [0.2, 0.25) is 25.7 Å². The molecule has 0 radical (unpaired) electrons. The number of rotatable bonds is 6. The number of hydrogen-bond donors (Lipinski definition) is 0. The number of carbonyl (C=O) groups excluding carboxylic acids is 1. The Morgan fingerprint density at radius 1 is 1.16 bits per heavy atom. The van der Waals surface area contributed by atoms with E-state index < -0.39 is 13.7 Å². The average molecular weight is 446 g/mol. The molecule has 1 fully saturated rings. The van der Waals surface area contributed by atoms with E-state index in [1.165, 1.54) is 22.6 Å². The first kappa shape index (κ1) is 23.7. The van der Waals surface area contributed by atoms with Crippen LogP contribution in [0.3, 0.4) is 0 Å². The summed E-state index contributed by atoms with van der Waals surface area (Å²) in [6.07, 6.45) is 1.88. The zero-order chi connectivity index (χ0) is 22.8. The van der Waals surface area contributed by atoms with Crippen LogP contribution < -0.4 is 4.90 Å². The number of aromatic nitrogens is 1. The number of hydrogen-bond acceptors (Lipinski definition) is 4. The molecule has 0 aliphatic carbocycles. The second kappa shape index (κ2) is 9.24. The van der Waals surface area contributed by atoms with Crippen molar-refractivity contribution in [3.05, 3.63) is 30.5 Å². The molecule has 172 valence electrons. The molecular weight excluding hydrogens is 406 g/mol. The minimum absolute atomic E-state index is 0.101. The smallest absolute Gasteiger partial charge is 0.410 e. The van der Waals surface area contributed by atoms with Gasteiger partial charge in [0, 0.05) is 57.6 Å². The molecule has 0 N–H and O–H groups in total.